The van der Waals surface area contributed by atoms with Crippen molar-refractivity contribution in [1.29, 1.82) is 0 Å². The van der Waals surface area contributed by atoms with Gasteiger partial charge < -0.3 is 0 Å². The van der Waals surface area contributed by atoms with E-state index in [1.54, 1.807) is 10.1 Å². The van der Waals surface area contributed by atoms with Crippen molar-refractivity contribution < 1.29 is 26.4 Å². The fraction of sp³-hybridized carbons (Fsp3) is 0.133. The molecular formula is C15H11F3N4O3S2. The van der Waals surface area contributed by atoms with Crippen molar-refractivity contribution in [3.8, 4) is 16.4 Å². The van der Waals surface area contributed by atoms with Crippen LogP contribution >= 0.6 is 11.3 Å². The highest BCUT2D eigenvalue weighted by Crippen LogP contribution is 2.33. The van der Waals surface area contributed by atoms with Gasteiger partial charge in [0, 0.05) is 18.5 Å². The molecule has 2 heterocycles. The van der Waals surface area contributed by atoms with Gasteiger partial charge in [0.2, 0.25) is 5.91 Å². The summed E-state index contributed by atoms with van der Waals surface area (Å²) in [6.45, 7) is 1.05. The number of benzene rings is 1. The second-order valence-corrected chi connectivity index (χ2v) is 7.89. The molecule has 1 aromatic carbocycles. The first kappa shape index (κ1) is 19.0. The second-order valence-electron chi connectivity index (χ2n) is 5.32. The minimum absolute atomic E-state index is 0.120. The number of nitrogens with zero attached hydrogens (tertiary/aromatic N) is 3. The number of alkyl halides is 3. The number of aromatic nitrogens is 3. The Bertz CT molecular complexity index is 1070. The molecule has 0 radical (unpaired) electrons. The van der Waals surface area contributed by atoms with E-state index in [2.05, 4.69) is 10.1 Å². The molecule has 0 fully saturated rings. The number of hydrogen-bond acceptors (Lipinski definition) is 6. The van der Waals surface area contributed by atoms with Crippen LogP contribution in [0.2, 0.25) is 0 Å². The van der Waals surface area contributed by atoms with E-state index in [1.165, 1.54) is 30.5 Å². The molecule has 0 aliphatic heterocycles. The largest absolute Gasteiger partial charge is 0.435 e. The summed E-state index contributed by atoms with van der Waals surface area (Å²) in [5.74, 6) is -0.757. The van der Waals surface area contributed by atoms with E-state index in [-0.39, 0.29) is 16.3 Å². The molecule has 0 unspecified atom stereocenters. The third kappa shape index (κ3) is 4.01. The van der Waals surface area contributed by atoms with E-state index >= 15 is 0 Å². The first-order chi connectivity index (χ1) is 12.6. The smallest absolute Gasteiger partial charge is 0.274 e. The van der Waals surface area contributed by atoms with Gasteiger partial charge in [-0.3, -0.25) is 4.79 Å². The van der Waals surface area contributed by atoms with E-state index < -0.39 is 27.8 Å². The maximum Gasteiger partial charge on any atom is 0.435 e. The highest BCUT2D eigenvalue weighted by atomic mass is 32.2. The fourth-order valence-electron chi connectivity index (χ4n) is 2.23. The van der Waals surface area contributed by atoms with Gasteiger partial charge in [-0.25, -0.2) is 22.8 Å². The Kier molecular flexibility index (Phi) is 4.78. The Morgan fingerprint density at radius 3 is 2.41 bits per heavy atom. The van der Waals surface area contributed by atoms with Gasteiger partial charge in [-0.1, -0.05) is 0 Å². The van der Waals surface area contributed by atoms with Gasteiger partial charge in [0.1, 0.15) is 10.7 Å². The Labute approximate surface area is 155 Å². The lowest BCUT2D eigenvalue weighted by Gasteiger charge is -2.08. The van der Waals surface area contributed by atoms with Gasteiger partial charge in [-0.15, -0.1) is 11.3 Å². The number of nitrogens with one attached hydrogen (secondary N) is 1. The van der Waals surface area contributed by atoms with Crippen LogP contribution in [0.4, 0.5) is 13.2 Å². The quantitative estimate of drug-likeness (QED) is 0.706. The predicted octanol–water partition coefficient (Wildman–Crippen LogP) is 2.84. The summed E-state index contributed by atoms with van der Waals surface area (Å²) in [4.78, 5) is 14.8. The average molecular weight is 416 g/mol. The fourth-order valence-corrected chi connectivity index (χ4v) is 3.86. The minimum Gasteiger partial charge on any atom is -0.274 e. The second kappa shape index (κ2) is 6.78. The molecule has 0 bridgehead atoms. The maximum atomic E-state index is 13.1. The Morgan fingerprint density at radius 2 is 1.89 bits per heavy atom. The lowest BCUT2D eigenvalue weighted by Crippen LogP contribution is -2.28. The minimum atomic E-state index is -4.65. The number of carbonyl (C=O) groups is 1. The van der Waals surface area contributed by atoms with Crippen LogP contribution in [-0.2, 0) is 21.0 Å². The van der Waals surface area contributed by atoms with Gasteiger partial charge >= 0.3 is 6.18 Å². The molecule has 12 heteroatoms. The molecule has 27 heavy (non-hydrogen) atoms. The molecule has 142 valence electrons. The lowest BCUT2D eigenvalue weighted by atomic mass is 10.3. The number of hydrogen-bond donors (Lipinski definition) is 1. The van der Waals surface area contributed by atoms with E-state index in [1.807, 2.05) is 0 Å². The van der Waals surface area contributed by atoms with Gasteiger partial charge in [0.05, 0.1) is 10.6 Å². The van der Waals surface area contributed by atoms with Crippen molar-refractivity contribution in [3.05, 3.63) is 47.6 Å². The Hall–Kier alpha value is -2.73. The molecule has 0 aliphatic rings. The predicted molar refractivity (Wildman–Crippen MR) is 90.7 cm³/mol. The van der Waals surface area contributed by atoms with Gasteiger partial charge in [-0.2, -0.15) is 18.3 Å². The van der Waals surface area contributed by atoms with Crippen LogP contribution in [-0.4, -0.2) is 29.1 Å². The van der Waals surface area contributed by atoms with Crippen LogP contribution in [0.3, 0.4) is 0 Å². The zero-order valence-electron chi connectivity index (χ0n) is 13.6. The summed E-state index contributed by atoms with van der Waals surface area (Å²) in [5, 5.41) is 5.53. The van der Waals surface area contributed by atoms with Gasteiger partial charge in [-0.05, 0) is 30.3 Å². The Morgan fingerprint density at radius 1 is 1.22 bits per heavy atom. The molecule has 1 amide bonds. The first-order valence-corrected chi connectivity index (χ1v) is 9.65. The van der Waals surface area contributed by atoms with E-state index in [0.717, 1.165) is 29.0 Å². The van der Waals surface area contributed by atoms with E-state index in [4.69, 9.17) is 0 Å². The third-order valence-corrected chi connectivity index (χ3v) is 5.57. The van der Waals surface area contributed by atoms with Crippen molar-refractivity contribution in [2.75, 3.05) is 0 Å². The number of sulfonamides is 1. The zero-order valence-corrected chi connectivity index (χ0v) is 15.2. The van der Waals surface area contributed by atoms with Crippen molar-refractivity contribution in [3.63, 3.8) is 0 Å². The summed E-state index contributed by atoms with van der Waals surface area (Å²) >= 11 is 1.14. The number of rotatable bonds is 4. The molecule has 0 atom stereocenters. The maximum absolute atomic E-state index is 13.1. The molecule has 2 aromatic heterocycles. The molecule has 3 rings (SSSR count). The van der Waals surface area contributed by atoms with Crippen molar-refractivity contribution >= 4 is 27.3 Å². The Balaban J connectivity index is 2.06. The van der Waals surface area contributed by atoms with Gasteiger partial charge in [0.15, 0.2) is 5.69 Å². The van der Waals surface area contributed by atoms with Crippen LogP contribution in [0.15, 0.2) is 46.8 Å². The molecule has 0 spiro atoms. The summed E-state index contributed by atoms with van der Waals surface area (Å²) < 4.78 is 66.0. The third-order valence-electron chi connectivity index (χ3n) is 3.32. The standard InChI is InChI=1S/C15H11F3N4O3S2/c1-9(23)21-27(24,25)11-4-2-10(3-5-11)22-12(14-19-6-7-26-14)8-13(20-22)15(16,17)18/h2-8H,1H3,(H,21,23). The highest BCUT2D eigenvalue weighted by Gasteiger charge is 2.35. The molecular weight excluding hydrogens is 405 g/mol. The molecule has 0 saturated heterocycles. The van der Waals surface area contributed by atoms with Crippen LogP contribution in [0.1, 0.15) is 12.6 Å². The van der Waals surface area contributed by atoms with Crippen molar-refractivity contribution in [2.24, 2.45) is 0 Å². The molecule has 3 aromatic rings. The average Bonchev–Trinajstić information content (AvgIpc) is 3.22. The monoisotopic (exact) mass is 416 g/mol. The summed E-state index contributed by atoms with van der Waals surface area (Å²) in [7, 11) is -4.05. The van der Waals surface area contributed by atoms with Crippen LogP contribution in [0, 0.1) is 0 Å². The summed E-state index contributed by atoms with van der Waals surface area (Å²) in [6, 6.07) is 5.79. The van der Waals surface area contributed by atoms with E-state index in [9.17, 15) is 26.4 Å². The van der Waals surface area contributed by atoms with Crippen LogP contribution in [0.25, 0.3) is 16.4 Å². The summed E-state index contributed by atoms with van der Waals surface area (Å²) in [6.07, 6.45) is -3.19. The van der Waals surface area contributed by atoms with Crippen LogP contribution in [0.5, 0.6) is 0 Å². The number of thiazole rings is 1. The first-order valence-electron chi connectivity index (χ1n) is 7.29. The van der Waals surface area contributed by atoms with E-state index in [0.29, 0.717) is 5.01 Å². The number of amides is 1. The topological polar surface area (TPSA) is 94.0 Å². The number of carbonyl (C=O) groups excluding carboxylic acids is 1. The molecule has 7 nitrogen and oxygen atoms in total. The van der Waals surface area contributed by atoms with Crippen molar-refractivity contribution in [1.82, 2.24) is 19.5 Å². The number of halogens is 3. The molecule has 1 N–H and O–H groups in total. The summed E-state index contributed by atoms with van der Waals surface area (Å²) in [5.41, 5.74) is -0.769. The molecule has 0 saturated carbocycles. The normalized spacial score (nSPS) is 12.1. The van der Waals surface area contributed by atoms with Gasteiger partial charge in [0.25, 0.3) is 10.0 Å². The van der Waals surface area contributed by atoms with Crippen molar-refractivity contribution in [2.45, 2.75) is 18.0 Å². The lowest BCUT2D eigenvalue weighted by molar-refractivity contribution is -0.141. The zero-order chi connectivity index (χ0) is 19.8. The SMILES string of the molecule is CC(=O)NS(=O)(=O)c1ccc(-n2nc(C(F)(F)F)cc2-c2nccs2)cc1. The highest BCUT2D eigenvalue weighted by molar-refractivity contribution is 7.90. The van der Waals surface area contributed by atoms with Crippen LogP contribution < -0.4 is 4.72 Å². The molecule has 0 aliphatic carbocycles.